The maximum absolute atomic E-state index is 12.6. The van der Waals surface area contributed by atoms with Gasteiger partial charge in [0.2, 0.25) is 0 Å². The van der Waals surface area contributed by atoms with Gasteiger partial charge in [-0.2, -0.15) is 0 Å². The Morgan fingerprint density at radius 1 is 1.40 bits per heavy atom. The number of hydrogen-bond donors (Lipinski definition) is 3. The zero-order valence-electron chi connectivity index (χ0n) is 11.1. The predicted octanol–water partition coefficient (Wildman–Crippen LogP) is 1.28. The third-order valence-corrected chi connectivity index (χ3v) is 3.49. The molecule has 1 aromatic carbocycles. The molecule has 104 valence electrons. The summed E-state index contributed by atoms with van der Waals surface area (Å²) in [6, 6.07) is 7.37. The molecule has 1 amide bonds. The van der Waals surface area contributed by atoms with E-state index < -0.39 is 0 Å². The molecule has 0 aliphatic carbocycles. The molecule has 2 aromatic rings. The number of β-amino-alcohol motifs (C(OH)–C–C–N with tert-alkyl or cyclic N) is 1. The predicted molar refractivity (Wildman–Crippen MR) is 74.3 cm³/mol. The van der Waals surface area contributed by atoms with Crippen LogP contribution in [0, 0.1) is 6.92 Å². The van der Waals surface area contributed by atoms with Crippen LogP contribution >= 0.6 is 0 Å². The average molecular weight is 272 g/mol. The van der Waals surface area contributed by atoms with Crippen molar-refractivity contribution in [1.29, 1.82) is 0 Å². The largest absolute Gasteiger partial charge is 0.395 e. The first-order valence-electron chi connectivity index (χ1n) is 6.49. The smallest absolute Gasteiger partial charge is 0.257 e. The number of fused-ring (bicyclic) bond motifs is 1. The number of H-pyrrole nitrogens is 1. The van der Waals surface area contributed by atoms with E-state index >= 15 is 0 Å². The van der Waals surface area contributed by atoms with Crippen LogP contribution in [0.4, 0.5) is 5.69 Å². The molecule has 3 N–H and O–H groups in total. The fourth-order valence-electron chi connectivity index (χ4n) is 2.49. The number of anilines is 1. The van der Waals surface area contributed by atoms with Crippen LogP contribution in [0.2, 0.25) is 0 Å². The first kappa shape index (κ1) is 12.7. The first-order chi connectivity index (χ1) is 9.72. The summed E-state index contributed by atoms with van der Waals surface area (Å²) in [4.78, 5) is 21.5. The lowest BCUT2D eigenvalue weighted by molar-refractivity contribution is 0.0636. The molecule has 2 heterocycles. The number of hydrogen-bond acceptors (Lipinski definition) is 4. The standard InChI is InChI=1S/C14H16N4O2/c1-9-12(16-8-15-9)13-17-11-5-3-2-4-10(11)14(20)18(13)6-7-19/h2-5,8,13,17,19H,6-7H2,1H3,(H,15,16)/t13-/m1/s1. The maximum Gasteiger partial charge on any atom is 0.257 e. The fourth-order valence-corrected chi connectivity index (χ4v) is 2.49. The normalized spacial score (nSPS) is 17.8. The highest BCUT2D eigenvalue weighted by Crippen LogP contribution is 2.32. The van der Waals surface area contributed by atoms with Crippen molar-refractivity contribution >= 4 is 11.6 Å². The number of carbonyl (C=O) groups is 1. The molecule has 0 radical (unpaired) electrons. The van der Waals surface area contributed by atoms with Gasteiger partial charge in [0.15, 0.2) is 0 Å². The van der Waals surface area contributed by atoms with Gasteiger partial charge in [0, 0.05) is 17.9 Å². The van der Waals surface area contributed by atoms with Crippen LogP contribution in [0.15, 0.2) is 30.6 Å². The number of rotatable bonds is 3. The quantitative estimate of drug-likeness (QED) is 0.786. The molecular formula is C14H16N4O2. The molecule has 3 rings (SSSR count). The molecule has 1 atom stereocenters. The van der Waals surface area contributed by atoms with Gasteiger partial charge in [-0.3, -0.25) is 4.79 Å². The number of aromatic amines is 1. The van der Waals surface area contributed by atoms with Crippen LogP contribution < -0.4 is 5.32 Å². The molecule has 20 heavy (non-hydrogen) atoms. The Bertz CT molecular complexity index is 638. The van der Waals surface area contributed by atoms with Crippen molar-refractivity contribution in [2.75, 3.05) is 18.5 Å². The number of imidazole rings is 1. The zero-order chi connectivity index (χ0) is 14.1. The molecule has 1 aromatic heterocycles. The van der Waals surface area contributed by atoms with Gasteiger partial charge in [0.25, 0.3) is 5.91 Å². The van der Waals surface area contributed by atoms with Gasteiger partial charge in [0.1, 0.15) is 11.9 Å². The van der Waals surface area contributed by atoms with Crippen LogP contribution in [0.1, 0.15) is 27.9 Å². The average Bonchev–Trinajstić information content (AvgIpc) is 2.88. The summed E-state index contributed by atoms with van der Waals surface area (Å²) in [5, 5.41) is 12.5. The number of aryl methyl sites for hydroxylation is 1. The number of aromatic nitrogens is 2. The first-order valence-corrected chi connectivity index (χ1v) is 6.49. The zero-order valence-corrected chi connectivity index (χ0v) is 11.1. The van der Waals surface area contributed by atoms with Crippen molar-refractivity contribution in [3.8, 4) is 0 Å². The molecule has 1 aliphatic rings. The molecular weight excluding hydrogens is 256 g/mol. The fraction of sp³-hybridized carbons (Fsp3) is 0.286. The van der Waals surface area contributed by atoms with Gasteiger partial charge < -0.3 is 20.3 Å². The number of carbonyl (C=O) groups excluding carboxylic acids is 1. The molecule has 0 spiro atoms. The van der Waals surface area contributed by atoms with Crippen molar-refractivity contribution in [3.63, 3.8) is 0 Å². The minimum atomic E-state index is -0.365. The van der Waals surface area contributed by atoms with Gasteiger partial charge in [-0.15, -0.1) is 0 Å². The van der Waals surface area contributed by atoms with E-state index in [1.54, 1.807) is 17.3 Å². The Balaban J connectivity index is 2.05. The lowest BCUT2D eigenvalue weighted by Crippen LogP contribution is -2.44. The molecule has 0 saturated heterocycles. The highest BCUT2D eigenvalue weighted by Gasteiger charge is 2.34. The van der Waals surface area contributed by atoms with Gasteiger partial charge in [0.05, 0.1) is 18.5 Å². The molecule has 0 fully saturated rings. The second-order valence-electron chi connectivity index (χ2n) is 4.73. The van der Waals surface area contributed by atoms with Crippen LogP contribution in [0.5, 0.6) is 0 Å². The van der Waals surface area contributed by atoms with Crippen LogP contribution in [-0.2, 0) is 0 Å². The SMILES string of the molecule is Cc1[nH]cnc1[C@@H]1Nc2ccccc2C(=O)N1CCO. The molecule has 0 unspecified atom stereocenters. The number of amides is 1. The summed E-state index contributed by atoms with van der Waals surface area (Å²) in [7, 11) is 0. The number of nitrogens with one attached hydrogen (secondary N) is 2. The highest BCUT2D eigenvalue weighted by molar-refractivity contribution is 6.01. The van der Waals surface area contributed by atoms with E-state index in [9.17, 15) is 9.90 Å². The molecule has 6 nitrogen and oxygen atoms in total. The summed E-state index contributed by atoms with van der Waals surface area (Å²) in [5.41, 5.74) is 3.07. The van der Waals surface area contributed by atoms with Crippen molar-refractivity contribution in [3.05, 3.63) is 47.5 Å². The van der Waals surface area contributed by atoms with E-state index in [2.05, 4.69) is 15.3 Å². The number of aliphatic hydroxyl groups excluding tert-OH is 1. The van der Waals surface area contributed by atoms with E-state index in [1.807, 2.05) is 25.1 Å². The van der Waals surface area contributed by atoms with Gasteiger partial charge in [-0.25, -0.2) is 4.98 Å². The van der Waals surface area contributed by atoms with Crippen LogP contribution in [0.3, 0.4) is 0 Å². The van der Waals surface area contributed by atoms with E-state index in [-0.39, 0.29) is 25.2 Å². The third-order valence-electron chi connectivity index (χ3n) is 3.49. The summed E-state index contributed by atoms with van der Waals surface area (Å²) < 4.78 is 0. The van der Waals surface area contributed by atoms with Gasteiger partial charge in [-0.05, 0) is 19.1 Å². The maximum atomic E-state index is 12.6. The lowest BCUT2D eigenvalue weighted by Gasteiger charge is -2.37. The van der Waals surface area contributed by atoms with E-state index in [0.717, 1.165) is 17.1 Å². The second kappa shape index (κ2) is 4.97. The number of nitrogens with zero attached hydrogens (tertiary/aromatic N) is 2. The van der Waals surface area contributed by atoms with Gasteiger partial charge >= 0.3 is 0 Å². The molecule has 0 saturated carbocycles. The Morgan fingerprint density at radius 3 is 2.90 bits per heavy atom. The van der Waals surface area contributed by atoms with E-state index in [0.29, 0.717) is 5.56 Å². The minimum absolute atomic E-state index is 0.0877. The molecule has 1 aliphatic heterocycles. The topological polar surface area (TPSA) is 81.2 Å². The number of para-hydroxylation sites is 1. The summed E-state index contributed by atoms with van der Waals surface area (Å²) in [6.45, 7) is 2.08. The highest BCUT2D eigenvalue weighted by atomic mass is 16.3. The summed E-state index contributed by atoms with van der Waals surface area (Å²) >= 11 is 0. The Morgan fingerprint density at radius 2 is 2.20 bits per heavy atom. The lowest BCUT2D eigenvalue weighted by atomic mass is 10.1. The van der Waals surface area contributed by atoms with Crippen LogP contribution in [-0.4, -0.2) is 39.0 Å². The Hall–Kier alpha value is -2.34. The summed E-state index contributed by atoms with van der Waals surface area (Å²) in [6.07, 6.45) is 1.24. The second-order valence-corrected chi connectivity index (χ2v) is 4.73. The Labute approximate surface area is 116 Å². The van der Waals surface area contributed by atoms with Crippen molar-refractivity contribution in [2.45, 2.75) is 13.1 Å². The van der Waals surface area contributed by atoms with Gasteiger partial charge in [-0.1, -0.05) is 12.1 Å². The van der Waals surface area contributed by atoms with E-state index in [4.69, 9.17) is 0 Å². The number of benzene rings is 1. The Kier molecular flexibility index (Phi) is 3.15. The molecule has 6 heteroatoms. The van der Waals surface area contributed by atoms with Crippen molar-refractivity contribution in [1.82, 2.24) is 14.9 Å². The minimum Gasteiger partial charge on any atom is -0.395 e. The number of aliphatic hydroxyl groups is 1. The van der Waals surface area contributed by atoms with E-state index in [1.165, 1.54) is 0 Å². The van der Waals surface area contributed by atoms with Crippen molar-refractivity contribution < 1.29 is 9.90 Å². The molecule has 0 bridgehead atoms. The van der Waals surface area contributed by atoms with Crippen LogP contribution in [0.25, 0.3) is 0 Å². The third kappa shape index (κ3) is 1.94. The van der Waals surface area contributed by atoms with Crippen molar-refractivity contribution in [2.24, 2.45) is 0 Å². The monoisotopic (exact) mass is 272 g/mol. The summed E-state index contributed by atoms with van der Waals surface area (Å²) in [5.74, 6) is -0.0965.